The maximum Gasteiger partial charge on any atom is 0.374 e. The maximum absolute atomic E-state index is 13.7. The zero-order valence-corrected chi connectivity index (χ0v) is 20.5. The molecule has 4 aromatic rings. The third-order valence-electron chi connectivity index (χ3n) is 5.24. The van der Waals surface area contributed by atoms with Crippen LogP contribution in [0.2, 0.25) is 0 Å². The molecule has 0 bridgehead atoms. The van der Waals surface area contributed by atoms with Crippen molar-refractivity contribution < 1.29 is 22.4 Å². The average molecular weight is 528 g/mol. The first-order chi connectivity index (χ1) is 15.8. The van der Waals surface area contributed by atoms with E-state index in [0.717, 1.165) is 10.0 Å². The second-order valence-electron chi connectivity index (χ2n) is 7.41. The van der Waals surface area contributed by atoms with Gasteiger partial charge in [-0.1, -0.05) is 46.3 Å². The van der Waals surface area contributed by atoms with Gasteiger partial charge in [0.1, 0.15) is 5.58 Å². The van der Waals surface area contributed by atoms with E-state index >= 15 is 0 Å². The van der Waals surface area contributed by atoms with Crippen molar-refractivity contribution in [2.45, 2.75) is 25.3 Å². The Morgan fingerprint density at radius 2 is 1.73 bits per heavy atom. The zero-order valence-electron chi connectivity index (χ0n) is 18.1. The number of rotatable bonds is 7. The van der Waals surface area contributed by atoms with Crippen LogP contribution in [0.25, 0.3) is 11.0 Å². The van der Waals surface area contributed by atoms with Gasteiger partial charge in [-0.25, -0.2) is 13.2 Å². The molecular weight excluding hydrogens is 506 g/mol. The van der Waals surface area contributed by atoms with Crippen molar-refractivity contribution in [1.29, 1.82) is 0 Å². The first-order valence-corrected chi connectivity index (χ1v) is 12.6. The number of benzene rings is 3. The highest BCUT2D eigenvalue weighted by Gasteiger charge is 2.27. The van der Waals surface area contributed by atoms with Gasteiger partial charge in [0.05, 0.1) is 23.7 Å². The van der Waals surface area contributed by atoms with E-state index < -0.39 is 16.0 Å². The van der Waals surface area contributed by atoms with Gasteiger partial charge < -0.3 is 9.15 Å². The molecule has 0 saturated carbocycles. The van der Waals surface area contributed by atoms with E-state index in [2.05, 4.69) is 15.9 Å². The molecule has 0 aliphatic carbocycles. The number of carbonyl (C=O) groups excluding carboxylic acids is 1. The summed E-state index contributed by atoms with van der Waals surface area (Å²) in [5.41, 5.74) is 2.40. The number of furan rings is 1. The monoisotopic (exact) mass is 527 g/mol. The number of carbonyl (C=O) groups is 1. The number of hydrogen-bond donors (Lipinski definition) is 0. The molecule has 3 aromatic carbocycles. The summed E-state index contributed by atoms with van der Waals surface area (Å²) in [6.07, 6.45) is 0. The molecular formula is C25H22BrNO5S. The van der Waals surface area contributed by atoms with E-state index in [-0.39, 0.29) is 23.8 Å². The second-order valence-corrected chi connectivity index (χ2v) is 10.2. The van der Waals surface area contributed by atoms with Crippen molar-refractivity contribution >= 4 is 48.6 Å². The summed E-state index contributed by atoms with van der Waals surface area (Å²) in [6.45, 7) is 3.86. The van der Waals surface area contributed by atoms with Gasteiger partial charge in [0.25, 0.3) is 10.0 Å². The van der Waals surface area contributed by atoms with Crippen molar-refractivity contribution in [3.8, 4) is 0 Å². The third kappa shape index (κ3) is 4.67. The summed E-state index contributed by atoms with van der Waals surface area (Å²) >= 11 is 3.35. The van der Waals surface area contributed by atoms with Gasteiger partial charge in [0.15, 0.2) is 0 Å². The average Bonchev–Trinajstić information content (AvgIpc) is 3.14. The fourth-order valence-electron chi connectivity index (χ4n) is 3.55. The summed E-state index contributed by atoms with van der Waals surface area (Å²) in [5.74, 6) is -0.425. The number of esters is 1. The van der Waals surface area contributed by atoms with Crippen LogP contribution in [0.15, 0.2) is 86.6 Å². The Balaban J connectivity index is 1.83. The number of halogens is 1. The summed E-state index contributed by atoms with van der Waals surface area (Å²) < 4.78 is 40.3. The molecule has 0 aliphatic rings. The van der Waals surface area contributed by atoms with E-state index in [4.69, 9.17) is 9.15 Å². The molecule has 0 aliphatic heterocycles. The SMILES string of the molecule is CCOC(=O)c1oc2ccc(N(Cc3ccccc3)S(=O)(=O)c3ccc(Br)cc3)cc2c1C. The number of ether oxygens (including phenoxy) is 1. The van der Waals surface area contributed by atoms with Crippen molar-refractivity contribution in [3.05, 3.63) is 94.2 Å². The highest BCUT2D eigenvalue weighted by Crippen LogP contribution is 2.33. The van der Waals surface area contributed by atoms with Crippen LogP contribution in [0, 0.1) is 6.92 Å². The van der Waals surface area contributed by atoms with Crippen LogP contribution < -0.4 is 4.31 Å². The van der Waals surface area contributed by atoms with Crippen molar-refractivity contribution in [1.82, 2.24) is 0 Å². The Bertz CT molecular complexity index is 1400. The molecule has 0 spiro atoms. The molecule has 6 nitrogen and oxygen atoms in total. The Hall–Kier alpha value is -3.10. The van der Waals surface area contributed by atoms with Crippen molar-refractivity contribution in [2.24, 2.45) is 0 Å². The van der Waals surface area contributed by atoms with Crippen LogP contribution in [0.4, 0.5) is 5.69 Å². The lowest BCUT2D eigenvalue weighted by Gasteiger charge is -2.25. The molecule has 0 amide bonds. The lowest BCUT2D eigenvalue weighted by Crippen LogP contribution is -2.30. The summed E-state index contributed by atoms with van der Waals surface area (Å²) in [5, 5.41) is 0.652. The molecule has 0 radical (unpaired) electrons. The Labute approximate surface area is 201 Å². The molecule has 4 rings (SSSR count). The molecule has 1 aromatic heterocycles. The first kappa shape index (κ1) is 23.1. The second kappa shape index (κ2) is 9.41. The van der Waals surface area contributed by atoms with Gasteiger partial charge in [-0.3, -0.25) is 4.31 Å². The molecule has 0 unspecified atom stereocenters. The lowest BCUT2D eigenvalue weighted by atomic mass is 10.1. The smallest absolute Gasteiger partial charge is 0.374 e. The zero-order chi connectivity index (χ0) is 23.6. The maximum atomic E-state index is 13.7. The highest BCUT2D eigenvalue weighted by atomic mass is 79.9. The highest BCUT2D eigenvalue weighted by molar-refractivity contribution is 9.10. The Morgan fingerprint density at radius 1 is 1.03 bits per heavy atom. The number of hydrogen-bond acceptors (Lipinski definition) is 5. The van der Waals surface area contributed by atoms with Gasteiger partial charge in [0, 0.05) is 15.4 Å². The van der Waals surface area contributed by atoms with Crippen LogP contribution in [-0.2, 0) is 21.3 Å². The quantitative estimate of drug-likeness (QED) is 0.272. The summed E-state index contributed by atoms with van der Waals surface area (Å²) in [6, 6.07) is 21.0. The summed E-state index contributed by atoms with van der Waals surface area (Å²) in [7, 11) is -3.88. The fourth-order valence-corrected chi connectivity index (χ4v) is 5.26. The largest absolute Gasteiger partial charge is 0.460 e. The predicted octanol–water partition coefficient (Wildman–Crippen LogP) is 6.08. The Morgan fingerprint density at radius 3 is 2.39 bits per heavy atom. The predicted molar refractivity (Wildman–Crippen MR) is 131 cm³/mol. The van der Waals surface area contributed by atoms with Crippen LogP contribution in [-0.4, -0.2) is 21.0 Å². The van der Waals surface area contributed by atoms with Gasteiger partial charge >= 0.3 is 5.97 Å². The molecule has 0 N–H and O–H groups in total. The van der Waals surface area contributed by atoms with E-state index in [1.54, 1.807) is 56.3 Å². The molecule has 8 heteroatoms. The topological polar surface area (TPSA) is 76.8 Å². The Kier molecular flexibility index (Phi) is 6.58. The van der Waals surface area contributed by atoms with Crippen molar-refractivity contribution in [3.63, 3.8) is 0 Å². The fraction of sp³-hybridized carbons (Fsp3) is 0.160. The van der Waals surface area contributed by atoms with Crippen molar-refractivity contribution in [2.75, 3.05) is 10.9 Å². The minimum absolute atomic E-state index is 0.120. The van der Waals surface area contributed by atoms with E-state index in [0.29, 0.717) is 22.2 Å². The van der Waals surface area contributed by atoms with Crippen LogP contribution in [0.1, 0.15) is 28.6 Å². The molecule has 1 heterocycles. The third-order valence-corrected chi connectivity index (χ3v) is 7.56. The minimum Gasteiger partial charge on any atom is -0.460 e. The molecule has 170 valence electrons. The number of fused-ring (bicyclic) bond motifs is 1. The molecule has 0 saturated heterocycles. The first-order valence-electron chi connectivity index (χ1n) is 10.3. The molecule has 0 fully saturated rings. The van der Waals surface area contributed by atoms with Crippen LogP contribution in [0.3, 0.4) is 0 Å². The van der Waals surface area contributed by atoms with Gasteiger partial charge in [-0.15, -0.1) is 0 Å². The lowest BCUT2D eigenvalue weighted by molar-refractivity contribution is 0.0491. The number of anilines is 1. The van der Waals surface area contributed by atoms with Gasteiger partial charge in [0.2, 0.25) is 5.76 Å². The van der Waals surface area contributed by atoms with Crippen LogP contribution in [0.5, 0.6) is 0 Å². The number of nitrogens with zero attached hydrogens (tertiary/aromatic N) is 1. The minimum atomic E-state index is -3.88. The summed E-state index contributed by atoms with van der Waals surface area (Å²) in [4.78, 5) is 12.4. The molecule has 0 atom stereocenters. The molecule has 33 heavy (non-hydrogen) atoms. The van der Waals surface area contributed by atoms with Gasteiger partial charge in [-0.2, -0.15) is 0 Å². The number of aryl methyl sites for hydroxylation is 1. The van der Waals surface area contributed by atoms with E-state index in [9.17, 15) is 13.2 Å². The van der Waals surface area contributed by atoms with Crippen LogP contribution >= 0.6 is 15.9 Å². The van der Waals surface area contributed by atoms with E-state index in [1.165, 1.54) is 4.31 Å². The normalized spacial score (nSPS) is 11.5. The van der Waals surface area contributed by atoms with E-state index in [1.807, 2.05) is 30.3 Å². The number of sulfonamides is 1. The van der Waals surface area contributed by atoms with Gasteiger partial charge in [-0.05, 0) is 61.9 Å². The standard InChI is InChI=1S/C25H22BrNO5S/c1-3-31-25(28)24-17(2)22-15-20(11-14-23(22)32-24)27(16-18-7-5-4-6-8-18)33(29,30)21-12-9-19(26)10-13-21/h4-15H,3,16H2,1-2H3.